The third-order valence-corrected chi connectivity index (χ3v) is 4.17. The molecule has 120 valence electrons. The largest absolute Gasteiger partial charge is 0.496 e. The second kappa shape index (κ2) is 7.40. The maximum absolute atomic E-state index is 12.6. The van der Waals surface area contributed by atoms with E-state index in [1.54, 1.807) is 25.3 Å². The number of likely N-dealkylation sites (N-methyl/N-ethyl adjacent to an activating group) is 1. The van der Waals surface area contributed by atoms with Crippen LogP contribution in [0.4, 0.5) is 0 Å². The van der Waals surface area contributed by atoms with E-state index in [1.807, 2.05) is 11.9 Å². The topological polar surface area (TPSA) is 58.6 Å². The molecule has 1 atom stereocenters. The molecule has 1 heterocycles. The van der Waals surface area contributed by atoms with Crippen molar-refractivity contribution in [3.63, 3.8) is 0 Å². The van der Waals surface area contributed by atoms with Gasteiger partial charge in [0, 0.05) is 30.3 Å². The number of likely N-dealkylation sites (tertiary alicyclic amines) is 1. The summed E-state index contributed by atoms with van der Waals surface area (Å²) in [5.41, 5.74) is 1.38. The molecule has 1 amide bonds. The SMILES string of the molecule is CNCC1CCCN1C(=O)Cc1cc(C(C)=O)ccc1OC. The van der Waals surface area contributed by atoms with Gasteiger partial charge in [-0.3, -0.25) is 9.59 Å². The third kappa shape index (κ3) is 3.65. The number of ether oxygens (including phenoxy) is 1. The van der Waals surface area contributed by atoms with Gasteiger partial charge < -0.3 is 15.0 Å². The molecule has 5 nitrogen and oxygen atoms in total. The Hall–Kier alpha value is -1.88. The van der Waals surface area contributed by atoms with Crippen LogP contribution in [0.3, 0.4) is 0 Å². The molecule has 1 N–H and O–H groups in total. The summed E-state index contributed by atoms with van der Waals surface area (Å²) in [6.45, 7) is 3.15. The fraction of sp³-hybridized carbons (Fsp3) is 0.529. The number of hydrogen-bond acceptors (Lipinski definition) is 4. The summed E-state index contributed by atoms with van der Waals surface area (Å²) in [6.07, 6.45) is 2.35. The van der Waals surface area contributed by atoms with E-state index in [0.29, 0.717) is 11.3 Å². The number of carbonyl (C=O) groups is 2. The van der Waals surface area contributed by atoms with Crippen molar-refractivity contribution in [1.29, 1.82) is 0 Å². The van der Waals surface area contributed by atoms with E-state index in [9.17, 15) is 9.59 Å². The molecule has 0 radical (unpaired) electrons. The Labute approximate surface area is 131 Å². The molecule has 1 aromatic carbocycles. The van der Waals surface area contributed by atoms with Crippen molar-refractivity contribution in [2.75, 3.05) is 27.2 Å². The molecule has 0 bridgehead atoms. The number of nitrogens with one attached hydrogen (secondary N) is 1. The normalized spacial score (nSPS) is 17.6. The summed E-state index contributed by atoms with van der Waals surface area (Å²) in [5, 5.41) is 3.14. The number of ketones is 1. The quantitative estimate of drug-likeness (QED) is 0.812. The molecular weight excluding hydrogens is 280 g/mol. The molecule has 1 aliphatic rings. The van der Waals surface area contributed by atoms with Crippen LogP contribution >= 0.6 is 0 Å². The van der Waals surface area contributed by atoms with Gasteiger partial charge in [-0.05, 0) is 45.0 Å². The van der Waals surface area contributed by atoms with E-state index in [-0.39, 0.29) is 24.2 Å². The van der Waals surface area contributed by atoms with Crippen LogP contribution in [0.5, 0.6) is 5.75 Å². The molecule has 2 rings (SSSR count). The summed E-state index contributed by atoms with van der Waals surface area (Å²) in [5.74, 6) is 0.741. The number of benzene rings is 1. The van der Waals surface area contributed by atoms with Gasteiger partial charge in [0.15, 0.2) is 5.78 Å². The van der Waals surface area contributed by atoms with Gasteiger partial charge in [-0.15, -0.1) is 0 Å². The van der Waals surface area contributed by atoms with Crippen molar-refractivity contribution in [3.8, 4) is 5.75 Å². The van der Waals surface area contributed by atoms with Crippen molar-refractivity contribution < 1.29 is 14.3 Å². The van der Waals surface area contributed by atoms with Crippen LogP contribution in [0.25, 0.3) is 0 Å². The average molecular weight is 304 g/mol. The minimum Gasteiger partial charge on any atom is -0.496 e. The fourth-order valence-electron chi connectivity index (χ4n) is 3.01. The Kier molecular flexibility index (Phi) is 5.55. The third-order valence-electron chi connectivity index (χ3n) is 4.17. The molecule has 22 heavy (non-hydrogen) atoms. The maximum Gasteiger partial charge on any atom is 0.227 e. The van der Waals surface area contributed by atoms with E-state index in [0.717, 1.165) is 31.5 Å². The first-order valence-corrected chi connectivity index (χ1v) is 7.68. The van der Waals surface area contributed by atoms with Crippen LogP contribution in [-0.2, 0) is 11.2 Å². The van der Waals surface area contributed by atoms with Crippen LogP contribution in [-0.4, -0.2) is 49.9 Å². The van der Waals surface area contributed by atoms with Gasteiger partial charge in [-0.1, -0.05) is 0 Å². The van der Waals surface area contributed by atoms with Crippen LogP contribution < -0.4 is 10.1 Å². The summed E-state index contributed by atoms with van der Waals surface area (Å²) >= 11 is 0. The Balaban J connectivity index is 2.16. The van der Waals surface area contributed by atoms with Crippen molar-refractivity contribution >= 4 is 11.7 Å². The lowest BCUT2D eigenvalue weighted by Crippen LogP contribution is -2.41. The molecule has 1 saturated heterocycles. The summed E-state index contributed by atoms with van der Waals surface area (Å²) in [4.78, 5) is 26.1. The summed E-state index contributed by atoms with van der Waals surface area (Å²) in [6, 6.07) is 5.52. The zero-order valence-corrected chi connectivity index (χ0v) is 13.5. The predicted octanol–water partition coefficient (Wildman–Crippen LogP) is 1.65. The maximum atomic E-state index is 12.6. The monoisotopic (exact) mass is 304 g/mol. The first-order chi connectivity index (χ1) is 10.6. The highest BCUT2D eigenvalue weighted by Gasteiger charge is 2.28. The zero-order valence-electron chi connectivity index (χ0n) is 13.5. The van der Waals surface area contributed by atoms with Crippen molar-refractivity contribution in [1.82, 2.24) is 10.2 Å². The highest BCUT2D eigenvalue weighted by Crippen LogP contribution is 2.24. The van der Waals surface area contributed by atoms with Gasteiger partial charge in [-0.2, -0.15) is 0 Å². The molecule has 0 aliphatic carbocycles. The lowest BCUT2D eigenvalue weighted by atomic mass is 10.0. The van der Waals surface area contributed by atoms with Crippen molar-refractivity contribution in [2.24, 2.45) is 0 Å². The van der Waals surface area contributed by atoms with Gasteiger partial charge in [0.2, 0.25) is 5.91 Å². The highest BCUT2D eigenvalue weighted by atomic mass is 16.5. The van der Waals surface area contributed by atoms with Crippen LogP contribution in [0.1, 0.15) is 35.7 Å². The predicted molar refractivity (Wildman–Crippen MR) is 85.4 cm³/mol. The fourth-order valence-corrected chi connectivity index (χ4v) is 3.01. The average Bonchev–Trinajstić information content (AvgIpc) is 2.96. The molecule has 0 aromatic heterocycles. The second-order valence-corrected chi connectivity index (χ2v) is 5.70. The number of carbonyl (C=O) groups excluding carboxylic acids is 2. The number of nitrogens with zero attached hydrogens (tertiary/aromatic N) is 1. The Bertz CT molecular complexity index is 557. The molecule has 0 saturated carbocycles. The molecule has 1 aliphatic heterocycles. The van der Waals surface area contributed by atoms with E-state index in [4.69, 9.17) is 4.74 Å². The molecule has 1 aromatic rings. The van der Waals surface area contributed by atoms with Gasteiger partial charge in [0.1, 0.15) is 5.75 Å². The molecule has 1 fully saturated rings. The van der Waals surface area contributed by atoms with E-state index in [2.05, 4.69) is 5.32 Å². The van der Waals surface area contributed by atoms with E-state index < -0.39 is 0 Å². The summed E-state index contributed by atoms with van der Waals surface area (Å²) in [7, 11) is 3.48. The first kappa shape index (κ1) is 16.5. The number of amides is 1. The van der Waals surface area contributed by atoms with Crippen LogP contribution in [0.15, 0.2) is 18.2 Å². The Morgan fingerprint density at radius 1 is 1.41 bits per heavy atom. The highest BCUT2D eigenvalue weighted by molar-refractivity contribution is 5.94. The first-order valence-electron chi connectivity index (χ1n) is 7.68. The van der Waals surface area contributed by atoms with Gasteiger partial charge in [0.25, 0.3) is 0 Å². The minimum absolute atomic E-state index is 0.00872. The van der Waals surface area contributed by atoms with Crippen molar-refractivity contribution in [3.05, 3.63) is 29.3 Å². The Morgan fingerprint density at radius 2 is 2.18 bits per heavy atom. The van der Waals surface area contributed by atoms with E-state index in [1.165, 1.54) is 6.92 Å². The van der Waals surface area contributed by atoms with Gasteiger partial charge >= 0.3 is 0 Å². The number of Topliss-reactive ketones (excluding diaryl/α,β-unsaturated/α-hetero) is 1. The van der Waals surface area contributed by atoms with E-state index >= 15 is 0 Å². The molecule has 1 unspecified atom stereocenters. The Morgan fingerprint density at radius 3 is 2.82 bits per heavy atom. The van der Waals surface area contributed by atoms with Gasteiger partial charge in [-0.25, -0.2) is 0 Å². The molecular formula is C17H24N2O3. The van der Waals surface area contributed by atoms with Crippen LogP contribution in [0.2, 0.25) is 0 Å². The standard InChI is InChI=1S/C17H24N2O3/c1-12(20)13-6-7-16(22-3)14(9-13)10-17(21)19-8-4-5-15(19)11-18-2/h6-7,9,15,18H,4-5,8,10-11H2,1-3H3. The molecule has 5 heteroatoms. The second-order valence-electron chi connectivity index (χ2n) is 5.70. The van der Waals surface area contributed by atoms with Crippen molar-refractivity contribution in [2.45, 2.75) is 32.2 Å². The van der Waals surface area contributed by atoms with Crippen LogP contribution in [0, 0.1) is 0 Å². The van der Waals surface area contributed by atoms with Gasteiger partial charge in [0.05, 0.1) is 13.5 Å². The summed E-state index contributed by atoms with van der Waals surface area (Å²) < 4.78 is 5.32. The number of methoxy groups -OCH3 is 1. The smallest absolute Gasteiger partial charge is 0.227 e. The number of rotatable bonds is 6. The zero-order chi connectivity index (χ0) is 16.1. The lowest BCUT2D eigenvalue weighted by Gasteiger charge is -2.25. The lowest BCUT2D eigenvalue weighted by molar-refractivity contribution is -0.131. The molecule has 0 spiro atoms. The number of hydrogen-bond donors (Lipinski definition) is 1. The minimum atomic E-state index is -0.00872.